The second-order valence-electron chi connectivity index (χ2n) is 4.19. The van der Waals surface area contributed by atoms with Crippen LogP contribution in [0.2, 0.25) is 0 Å². The molecule has 0 bridgehead atoms. The molecule has 1 heterocycles. The van der Waals surface area contributed by atoms with Crippen molar-refractivity contribution in [2.24, 2.45) is 0 Å². The van der Waals surface area contributed by atoms with Crippen molar-refractivity contribution in [1.82, 2.24) is 0 Å². The van der Waals surface area contributed by atoms with Crippen molar-refractivity contribution in [2.45, 2.75) is 13.5 Å². The summed E-state index contributed by atoms with van der Waals surface area (Å²) < 4.78 is 9.82. The van der Waals surface area contributed by atoms with Gasteiger partial charge in [0.05, 0.1) is 0 Å². The largest absolute Gasteiger partial charge is 0.507 e. The van der Waals surface area contributed by atoms with Gasteiger partial charge in [-0.2, -0.15) is 0 Å². The molecular formula is C14H12O6. The highest BCUT2D eigenvalue weighted by Gasteiger charge is 2.13. The predicted octanol–water partition coefficient (Wildman–Crippen LogP) is 1.72. The van der Waals surface area contributed by atoms with E-state index in [-0.39, 0.29) is 23.7 Å². The number of phenols is 1. The van der Waals surface area contributed by atoms with Gasteiger partial charge in [-0.05, 0) is 19.1 Å². The fourth-order valence-corrected chi connectivity index (χ4v) is 1.55. The van der Waals surface area contributed by atoms with Crippen LogP contribution < -0.4 is 5.43 Å². The molecule has 0 saturated heterocycles. The van der Waals surface area contributed by atoms with Gasteiger partial charge in [0.15, 0.2) is 5.75 Å². The first-order chi connectivity index (χ1) is 9.47. The van der Waals surface area contributed by atoms with Gasteiger partial charge in [0.1, 0.15) is 29.9 Å². The van der Waals surface area contributed by atoms with Gasteiger partial charge in [-0.25, -0.2) is 4.79 Å². The van der Waals surface area contributed by atoms with Gasteiger partial charge in [0.25, 0.3) is 0 Å². The minimum Gasteiger partial charge on any atom is -0.507 e. The first-order valence-electron chi connectivity index (χ1n) is 5.75. The van der Waals surface area contributed by atoms with Gasteiger partial charge < -0.3 is 19.4 Å². The number of carbonyl (C=O) groups is 1. The zero-order valence-electron chi connectivity index (χ0n) is 10.6. The van der Waals surface area contributed by atoms with Crippen LogP contribution in [0.5, 0.6) is 11.5 Å². The Hall–Kier alpha value is -2.76. The average molecular weight is 276 g/mol. The summed E-state index contributed by atoms with van der Waals surface area (Å²) in [6.07, 6.45) is 0.871. The van der Waals surface area contributed by atoms with Crippen molar-refractivity contribution in [3.05, 3.63) is 57.6 Å². The summed E-state index contributed by atoms with van der Waals surface area (Å²) in [5, 5.41) is 18.6. The molecule has 6 heteroatoms. The van der Waals surface area contributed by atoms with E-state index in [2.05, 4.69) is 0 Å². The number of phenolic OH excluding ortho intramolecular Hbond substituents is 1. The second kappa shape index (κ2) is 5.48. The quantitative estimate of drug-likeness (QED) is 0.828. The van der Waals surface area contributed by atoms with Crippen LogP contribution in [0.3, 0.4) is 0 Å². The van der Waals surface area contributed by atoms with Crippen molar-refractivity contribution in [1.29, 1.82) is 0 Å². The van der Waals surface area contributed by atoms with Crippen LogP contribution in [0.15, 0.2) is 39.7 Å². The zero-order chi connectivity index (χ0) is 14.7. The Morgan fingerprint density at radius 3 is 2.70 bits per heavy atom. The van der Waals surface area contributed by atoms with E-state index in [1.165, 1.54) is 12.1 Å². The molecule has 0 radical (unpaired) electrons. The van der Waals surface area contributed by atoms with E-state index < -0.39 is 17.1 Å². The van der Waals surface area contributed by atoms with Crippen LogP contribution in [0.4, 0.5) is 0 Å². The lowest BCUT2D eigenvalue weighted by atomic mass is 10.1. The minimum absolute atomic E-state index is 0.0334. The van der Waals surface area contributed by atoms with E-state index in [9.17, 15) is 14.7 Å². The van der Waals surface area contributed by atoms with Crippen LogP contribution in [0, 0.1) is 6.92 Å². The third-order valence-corrected chi connectivity index (χ3v) is 2.58. The maximum Gasteiger partial charge on any atom is 0.342 e. The number of aryl methyl sites for hydroxylation is 1. The molecule has 0 unspecified atom stereocenters. The Bertz CT molecular complexity index is 701. The number of aromatic hydroxyl groups is 2. The van der Waals surface area contributed by atoms with Crippen molar-refractivity contribution in [3.8, 4) is 11.5 Å². The first kappa shape index (κ1) is 13.7. The van der Waals surface area contributed by atoms with Crippen LogP contribution in [-0.2, 0) is 11.3 Å². The Labute approximate surface area is 113 Å². The molecular weight excluding hydrogens is 264 g/mol. The molecule has 0 aliphatic heterocycles. The molecule has 0 fully saturated rings. The Kier molecular flexibility index (Phi) is 3.74. The molecule has 1 aromatic carbocycles. The predicted molar refractivity (Wildman–Crippen MR) is 68.6 cm³/mol. The summed E-state index contributed by atoms with van der Waals surface area (Å²) in [6.45, 7) is 1.50. The summed E-state index contributed by atoms with van der Waals surface area (Å²) >= 11 is 0. The Morgan fingerprint density at radius 1 is 1.25 bits per heavy atom. The molecule has 0 amide bonds. The topological polar surface area (TPSA) is 97.0 Å². The molecule has 2 rings (SSSR count). The smallest absolute Gasteiger partial charge is 0.342 e. The van der Waals surface area contributed by atoms with Crippen LogP contribution >= 0.6 is 0 Å². The van der Waals surface area contributed by atoms with E-state index >= 15 is 0 Å². The SMILES string of the molecule is Cc1ccc(O)c(C(=O)OCc2cc(=O)c(O)co2)c1. The molecule has 2 N–H and O–H groups in total. The highest BCUT2D eigenvalue weighted by molar-refractivity contribution is 5.92. The van der Waals surface area contributed by atoms with Crippen molar-refractivity contribution in [3.63, 3.8) is 0 Å². The fraction of sp³-hybridized carbons (Fsp3) is 0.143. The lowest BCUT2D eigenvalue weighted by Gasteiger charge is -2.06. The number of hydrogen-bond donors (Lipinski definition) is 2. The van der Waals surface area contributed by atoms with Crippen molar-refractivity contribution >= 4 is 5.97 Å². The van der Waals surface area contributed by atoms with Gasteiger partial charge in [0, 0.05) is 6.07 Å². The van der Waals surface area contributed by atoms with Crippen molar-refractivity contribution in [2.75, 3.05) is 0 Å². The van der Waals surface area contributed by atoms with E-state index in [1.54, 1.807) is 13.0 Å². The van der Waals surface area contributed by atoms with Gasteiger partial charge in [-0.3, -0.25) is 4.79 Å². The van der Waals surface area contributed by atoms with Crippen LogP contribution in [-0.4, -0.2) is 16.2 Å². The summed E-state index contributed by atoms with van der Waals surface area (Å²) in [7, 11) is 0. The normalized spacial score (nSPS) is 10.2. The van der Waals surface area contributed by atoms with Crippen molar-refractivity contribution < 1.29 is 24.2 Å². The number of ether oxygens (including phenoxy) is 1. The lowest BCUT2D eigenvalue weighted by molar-refractivity contribution is 0.0439. The summed E-state index contributed by atoms with van der Waals surface area (Å²) in [5.41, 5.74) is 0.206. The average Bonchev–Trinajstić information content (AvgIpc) is 2.42. The van der Waals surface area contributed by atoms with E-state index in [0.717, 1.165) is 17.9 Å². The van der Waals surface area contributed by atoms with Gasteiger partial charge >= 0.3 is 5.97 Å². The zero-order valence-corrected chi connectivity index (χ0v) is 10.6. The number of benzene rings is 1. The molecule has 0 atom stereocenters. The number of esters is 1. The maximum atomic E-state index is 11.8. The molecule has 0 saturated carbocycles. The molecule has 20 heavy (non-hydrogen) atoms. The molecule has 0 aliphatic rings. The molecule has 104 valence electrons. The third-order valence-electron chi connectivity index (χ3n) is 2.58. The fourth-order valence-electron chi connectivity index (χ4n) is 1.55. The van der Waals surface area contributed by atoms with Gasteiger partial charge in [-0.15, -0.1) is 0 Å². The maximum absolute atomic E-state index is 11.8. The molecule has 0 spiro atoms. The number of rotatable bonds is 3. The highest BCUT2D eigenvalue weighted by Crippen LogP contribution is 2.19. The first-order valence-corrected chi connectivity index (χ1v) is 5.75. The van der Waals surface area contributed by atoms with E-state index in [0.29, 0.717) is 0 Å². The summed E-state index contributed by atoms with van der Waals surface area (Å²) in [6, 6.07) is 5.57. The van der Waals surface area contributed by atoms with Crippen LogP contribution in [0.25, 0.3) is 0 Å². The number of carbonyl (C=O) groups excluding carboxylic acids is 1. The number of hydrogen-bond acceptors (Lipinski definition) is 6. The Morgan fingerprint density at radius 2 is 2.00 bits per heavy atom. The summed E-state index contributed by atoms with van der Waals surface area (Å²) in [4.78, 5) is 23.0. The van der Waals surface area contributed by atoms with Gasteiger partial charge in [0.2, 0.25) is 5.43 Å². The third kappa shape index (κ3) is 2.97. The van der Waals surface area contributed by atoms with E-state index in [4.69, 9.17) is 14.3 Å². The van der Waals surface area contributed by atoms with Crippen LogP contribution in [0.1, 0.15) is 21.7 Å². The Balaban J connectivity index is 2.10. The minimum atomic E-state index is -0.734. The second-order valence-corrected chi connectivity index (χ2v) is 4.19. The summed E-state index contributed by atoms with van der Waals surface area (Å²) in [5.74, 6) is -1.35. The lowest BCUT2D eigenvalue weighted by Crippen LogP contribution is -2.07. The monoisotopic (exact) mass is 276 g/mol. The van der Waals surface area contributed by atoms with Gasteiger partial charge in [-0.1, -0.05) is 11.6 Å². The molecule has 1 aromatic heterocycles. The standard InChI is InChI=1S/C14H12O6/c1-8-2-3-11(15)10(4-8)14(18)20-6-9-5-12(16)13(17)7-19-9/h2-5,7,15,17H,6H2,1H3. The highest BCUT2D eigenvalue weighted by atomic mass is 16.5. The molecule has 6 nitrogen and oxygen atoms in total. The molecule has 2 aromatic rings. The molecule has 0 aliphatic carbocycles. The van der Waals surface area contributed by atoms with E-state index in [1.807, 2.05) is 0 Å².